The van der Waals surface area contributed by atoms with Gasteiger partial charge in [-0.25, -0.2) is 24.5 Å². The predicted molar refractivity (Wildman–Crippen MR) is 283 cm³/mol. The van der Waals surface area contributed by atoms with Crippen LogP contribution in [0.5, 0.6) is 0 Å². The van der Waals surface area contributed by atoms with Crippen molar-refractivity contribution < 1.29 is 19.1 Å². The molecule has 0 aliphatic carbocycles. The van der Waals surface area contributed by atoms with Gasteiger partial charge in [0.25, 0.3) is 0 Å². The number of aromatic nitrogens is 11. The molecule has 0 saturated carbocycles. The van der Waals surface area contributed by atoms with Gasteiger partial charge in [-0.05, 0) is 84.4 Å². The first-order valence-corrected chi connectivity index (χ1v) is 24.1. The van der Waals surface area contributed by atoms with Crippen molar-refractivity contribution in [1.29, 1.82) is 0 Å². The van der Waals surface area contributed by atoms with Gasteiger partial charge in [0.15, 0.2) is 5.82 Å². The van der Waals surface area contributed by atoms with Crippen LogP contribution in [0.2, 0.25) is 0 Å². The molecule has 8 aromatic heterocycles. The summed E-state index contributed by atoms with van der Waals surface area (Å²) in [5.74, 6) is 3.47. The van der Waals surface area contributed by atoms with Crippen LogP contribution in [0.25, 0.3) is 67.1 Å². The van der Waals surface area contributed by atoms with E-state index in [1.807, 2.05) is 97.2 Å². The molecule has 6 N–H and O–H groups in total. The summed E-state index contributed by atoms with van der Waals surface area (Å²) in [6.07, 6.45) is 8.51. The molecule has 4 amide bonds. The Labute approximate surface area is 423 Å². The molecule has 0 radical (unpaired) electrons. The predicted octanol–water partition coefficient (Wildman–Crippen LogP) is 8.46. The summed E-state index contributed by atoms with van der Waals surface area (Å²) in [7, 11) is 3.55. The third-order valence-electron chi connectivity index (χ3n) is 13.1. The Morgan fingerprint density at radius 1 is 0.608 bits per heavy atom. The number of ether oxygens (including phenoxy) is 2. The highest BCUT2D eigenvalue weighted by Gasteiger charge is 2.26. The number of rotatable bonds is 11. The lowest BCUT2D eigenvalue weighted by Crippen LogP contribution is -2.39. The van der Waals surface area contributed by atoms with Crippen LogP contribution in [0.4, 0.5) is 44.2 Å². The molecule has 1 atom stereocenters. The normalized spacial score (nSPS) is 14.9. The smallest absolute Gasteiger partial charge is 0.324 e. The van der Waals surface area contributed by atoms with Crippen molar-refractivity contribution >= 4 is 68.6 Å². The van der Waals surface area contributed by atoms with Crippen LogP contribution in [-0.2, 0) is 23.6 Å². The molecule has 12 rings (SSSR count). The Bertz CT molecular complexity index is 3640. The molecule has 21 heteroatoms. The van der Waals surface area contributed by atoms with Crippen LogP contribution in [0.1, 0.15) is 11.8 Å². The van der Waals surface area contributed by atoms with E-state index in [0.29, 0.717) is 73.1 Å². The fourth-order valence-corrected chi connectivity index (χ4v) is 9.25. The van der Waals surface area contributed by atoms with Gasteiger partial charge in [-0.15, -0.1) is 0 Å². The number of carbonyl (C=O) groups is 2. The van der Waals surface area contributed by atoms with Crippen LogP contribution in [0.15, 0.2) is 134 Å². The van der Waals surface area contributed by atoms with Gasteiger partial charge in [0.1, 0.15) is 34.9 Å². The highest BCUT2D eigenvalue weighted by Crippen LogP contribution is 2.34. The standard InChI is InChI=1S/C53H49N17O4/c1-67-46(27-43(65-67)34-4-3-17-54-29-34)62-52(71)58-36-10-5-32(6-11-36)42-26-38-39(60-42)15-18-55-50(38)70-22-25-74-45(31-70)40-14-9-35(30-57-40)44-28-47(68(2)66-44)63-53(72)59-37-12-7-33(8-13-37)49-61-41-16-19-56-51(48(41)64-49)69-20-23-73-24-21-69/h3-19,26-30,45,60H,20-25,31H2,1-2H3,(H,61,64)(H2,58,62,71)(H2,59,63,72). The highest BCUT2D eigenvalue weighted by atomic mass is 16.5. The molecule has 1 unspecified atom stereocenters. The number of hydrogen-bond donors (Lipinski definition) is 6. The Kier molecular flexibility index (Phi) is 12.1. The molecule has 2 saturated heterocycles. The zero-order valence-corrected chi connectivity index (χ0v) is 40.3. The monoisotopic (exact) mass is 987 g/mol. The average Bonchev–Trinajstić information content (AvgIpc) is 4.25. The molecule has 21 nitrogen and oxygen atoms in total. The largest absolute Gasteiger partial charge is 0.378 e. The number of imidazole rings is 1. The van der Waals surface area contributed by atoms with Gasteiger partial charge < -0.3 is 39.9 Å². The van der Waals surface area contributed by atoms with Gasteiger partial charge in [0, 0.05) is 116 Å². The molecule has 10 heterocycles. The summed E-state index contributed by atoms with van der Waals surface area (Å²) in [4.78, 5) is 60.8. The second kappa shape index (κ2) is 19.6. The molecule has 10 aromatic rings. The molecule has 2 aliphatic rings. The minimum Gasteiger partial charge on any atom is -0.378 e. The van der Waals surface area contributed by atoms with Gasteiger partial charge >= 0.3 is 12.1 Å². The van der Waals surface area contributed by atoms with Crippen molar-refractivity contribution in [3.63, 3.8) is 0 Å². The van der Waals surface area contributed by atoms with E-state index in [1.54, 1.807) is 54.3 Å². The summed E-state index contributed by atoms with van der Waals surface area (Å²) in [5, 5.41) is 21.8. The Morgan fingerprint density at radius 3 is 1.91 bits per heavy atom. The first kappa shape index (κ1) is 45.7. The maximum atomic E-state index is 13.2. The number of morpholine rings is 2. The molecule has 2 aliphatic heterocycles. The fourth-order valence-electron chi connectivity index (χ4n) is 9.25. The van der Waals surface area contributed by atoms with E-state index in [4.69, 9.17) is 24.4 Å². The number of hydrogen-bond acceptors (Lipinski definition) is 13. The number of aromatic amines is 2. The number of anilines is 6. The van der Waals surface area contributed by atoms with E-state index in [9.17, 15) is 9.59 Å². The number of nitrogens with one attached hydrogen (secondary N) is 6. The van der Waals surface area contributed by atoms with E-state index in [0.717, 1.165) is 80.3 Å². The second-order valence-electron chi connectivity index (χ2n) is 17.9. The lowest BCUT2D eigenvalue weighted by atomic mass is 10.1. The summed E-state index contributed by atoms with van der Waals surface area (Å²) in [6.45, 7) is 4.56. The van der Waals surface area contributed by atoms with Crippen molar-refractivity contribution in [1.82, 2.24) is 54.4 Å². The van der Waals surface area contributed by atoms with Crippen molar-refractivity contribution in [2.45, 2.75) is 6.10 Å². The average molecular weight is 988 g/mol. The first-order valence-electron chi connectivity index (χ1n) is 24.1. The summed E-state index contributed by atoms with van der Waals surface area (Å²) >= 11 is 0. The van der Waals surface area contributed by atoms with Gasteiger partial charge in [0.05, 0.1) is 54.5 Å². The Balaban J connectivity index is 0.658. The van der Waals surface area contributed by atoms with Crippen LogP contribution in [0, 0.1) is 0 Å². The Hall–Kier alpha value is -9.47. The number of pyridine rings is 4. The highest BCUT2D eigenvalue weighted by molar-refractivity contribution is 6.01. The Morgan fingerprint density at radius 2 is 1.24 bits per heavy atom. The van der Waals surface area contributed by atoms with Gasteiger partial charge in [-0.3, -0.25) is 30.0 Å². The van der Waals surface area contributed by atoms with Crippen molar-refractivity contribution in [3.05, 3.63) is 140 Å². The molecule has 0 spiro atoms. The van der Waals surface area contributed by atoms with Gasteiger partial charge in [-0.1, -0.05) is 12.1 Å². The summed E-state index contributed by atoms with van der Waals surface area (Å²) in [5.41, 5.74) is 10.5. The van der Waals surface area contributed by atoms with Gasteiger partial charge in [-0.2, -0.15) is 10.2 Å². The molecular weight excluding hydrogens is 939 g/mol. The first-order chi connectivity index (χ1) is 36.2. The van der Waals surface area contributed by atoms with Crippen LogP contribution < -0.4 is 31.1 Å². The number of benzene rings is 2. The number of fused-ring (bicyclic) bond motifs is 2. The van der Waals surface area contributed by atoms with E-state index >= 15 is 0 Å². The molecular formula is C53H49N17O4. The number of nitrogens with zero attached hydrogens (tertiary/aromatic N) is 11. The third kappa shape index (κ3) is 9.42. The van der Waals surface area contributed by atoms with Crippen LogP contribution in [-0.4, -0.2) is 113 Å². The van der Waals surface area contributed by atoms with Crippen molar-refractivity contribution in [2.75, 3.05) is 77.1 Å². The summed E-state index contributed by atoms with van der Waals surface area (Å²) < 4.78 is 15.0. The zero-order valence-electron chi connectivity index (χ0n) is 40.3. The SMILES string of the molecule is Cn1nc(-c2cccnc2)cc1NC(=O)Nc1ccc(-c2cc3c(N4CCOC(c5ccc(-c6cc(NC(=O)Nc7ccc(-c8nc9c(N%10CCOCC%10)nccc9[nH]8)cc7)n(C)n6)cn5)C4)nccc3[nH]2)cc1. The quantitative estimate of drug-likeness (QED) is 0.0714. The fraction of sp³-hybridized carbons (Fsp3) is 0.189. The van der Waals surface area contributed by atoms with E-state index in [1.165, 1.54) is 0 Å². The number of amides is 4. The minimum atomic E-state index is -0.408. The number of H-pyrrole nitrogens is 2. The lowest BCUT2D eigenvalue weighted by molar-refractivity contribution is 0.0369. The number of urea groups is 2. The van der Waals surface area contributed by atoms with Gasteiger partial charge in [0.2, 0.25) is 0 Å². The topological polar surface area (TPSA) is 239 Å². The molecule has 370 valence electrons. The van der Waals surface area contributed by atoms with Crippen molar-refractivity contribution in [3.8, 4) is 45.2 Å². The van der Waals surface area contributed by atoms with E-state index in [2.05, 4.69) is 67.3 Å². The molecule has 2 aromatic carbocycles. The van der Waals surface area contributed by atoms with E-state index < -0.39 is 6.03 Å². The van der Waals surface area contributed by atoms with E-state index in [-0.39, 0.29) is 12.1 Å². The number of carbonyl (C=O) groups excluding carboxylic acids is 2. The second-order valence-corrected chi connectivity index (χ2v) is 17.9. The van der Waals surface area contributed by atoms with Crippen molar-refractivity contribution in [2.24, 2.45) is 14.1 Å². The lowest BCUT2D eigenvalue weighted by Gasteiger charge is -2.33. The minimum absolute atomic E-state index is 0.297. The summed E-state index contributed by atoms with van der Waals surface area (Å²) in [6, 6.07) is 31.7. The van der Waals surface area contributed by atoms with Crippen LogP contribution >= 0.6 is 0 Å². The molecule has 2 fully saturated rings. The third-order valence-corrected chi connectivity index (χ3v) is 13.1. The maximum absolute atomic E-state index is 13.2. The maximum Gasteiger partial charge on any atom is 0.324 e. The number of aryl methyl sites for hydroxylation is 2. The molecule has 74 heavy (non-hydrogen) atoms. The molecule has 0 bridgehead atoms. The van der Waals surface area contributed by atoms with Crippen LogP contribution in [0.3, 0.4) is 0 Å². The zero-order chi connectivity index (χ0) is 50.1.